The summed E-state index contributed by atoms with van der Waals surface area (Å²) in [7, 11) is 0. The maximum atomic E-state index is 13.4. The van der Waals surface area contributed by atoms with E-state index in [1.807, 2.05) is 12.1 Å². The summed E-state index contributed by atoms with van der Waals surface area (Å²) < 4.78 is 19.1. The van der Waals surface area contributed by atoms with Gasteiger partial charge in [-0.3, -0.25) is 0 Å². The monoisotopic (exact) mass is 302 g/mol. The van der Waals surface area contributed by atoms with Crippen molar-refractivity contribution in [2.75, 3.05) is 11.9 Å². The Balaban J connectivity index is 1.66. The molecule has 1 aliphatic heterocycles. The molecule has 1 atom stereocenters. The van der Waals surface area contributed by atoms with E-state index in [9.17, 15) is 4.39 Å². The molecule has 3 nitrogen and oxygen atoms in total. The molecule has 0 saturated heterocycles. The summed E-state index contributed by atoms with van der Waals surface area (Å²) in [6.45, 7) is 0.854. The van der Waals surface area contributed by atoms with E-state index in [0.29, 0.717) is 29.3 Å². The number of anilines is 1. The molecule has 3 aromatic rings. The molecule has 0 fully saturated rings. The van der Waals surface area contributed by atoms with Crippen molar-refractivity contribution in [2.24, 2.45) is 0 Å². The van der Waals surface area contributed by atoms with Crippen LogP contribution in [0.25, 0.3) is 11.1 Å². The van der Waals surface area contributed by atoms with Gasteiger partial charge in [-0.1, -0.05) is 29.8 Å². The van der Waals surface area contributed by atoms with Crippen LogP contribution in [0.2, 0.25) is 5.02 Å². The average molecular weight is 303 g/mol. The molecule has 106 valence electrons. The molecule has 1 aromatic heterocycles. The predicted molar refractivity (Wildman–Crippen MR) is 80.4 cm³/mol. The standard InChI is InChI=1S/C16H12ClFN2O/c17-11-6-14-15(7-12(11)18)21-16(20-14)5-9-8-19-13-4-2-1-3-10(9)13/h1-4,6-7,9,19H,5,8H2. The highest BCUT2D eigenvalue weighted by Crippen LogP contribution is 2.34. The first-order valence-corrected chi connectivity index (χ1v) is 7.16. The van der Waals surface area contributed by atoms with Crippen LogP contribution in [-0.4, -0.2) is 11.5 Å². The number of nitrogens with one attached hydrogen (secondary N) is 1. The Bertz CT molecular complexity index is 791. The van der Waals surface area contributed by atoms with E-state index in [1.54, 1.807) is 0 Å². The van der Waals surface area contributed by atoms with E-state index in [-0.39, 0.29) is 5.02 Å². The first-order chi connectivity index (χ1) is 10.2. The van der Waals surface area contributed by atoms with Gasteiger partial charge < -0.3 is 9.73 Å². The molecule has 0 bridgehead atoms. The summed E-state index contributed by atoms with van der Waals surface area (Å²) in [5.41, 5.74) is 3.46. The molecule has 0 aliphatic carbocycles. The third-order valence-electron chi connectivity index (χ3n) is 3.84. The largest absolute Gasteiger partial charge is 0.441 e. The van der Waals surface area contributed by atoms with Gasteiger partial charge in [0, 0.05) is 30.6 Å². The Morgan fingerprint density at radius 2 is 2.19 bits per heavy atom. The Hall–Kier alpha value is -2.07. The number of fused-ring (bicyclic) bond motifs is 2. The van der Waals surface area contributed by atoms with E-state index >= 15 is 0 Å². The maximum Gasteiger partial charge on any atom is 0.196 e. The van der Waals surface area contributed by atoms with Crippen molar-refractivity contribution in [2.45, 2.75) is 12.3 Å². The summed E-state index contributed by atoms with van der Waals surface area (Å²) in [5, 5.41) is 3.44. The minimum Gasteiger partial charge on any atom is -0.441 e. The zero-order chi connectivity index (χ0) is 14.4. The molecule has 2 aromatic carbocycles. The molecular weight excluding hydrogens is 291 g/mol. The number of para-hydroxylation sites is 1. The van der Waals surface area contributed by atoms with Crippen LogP contribution in [0.5, 0.6) is 0 Å². The topological polar surface area (TPSA) is 38.1 Å². The normalized spacial score (nSPS) is 17.0. The fourth-order valence-corrected chi connectivity index (χ4v) is 2.97. The van der Waals surface area contributed by atoms with E-state index in [2.05, 4.69) is 22.4 Å². The molecule has 5 heteroatoms. The fourth-order valence-electron chi connectivity index (χ4n) is 2.81. The van der Waals surface area contributed by atoms with Gasteiger partial charge in [0.05, 0.1) is 5.02 Å². The number of aromatic nitrogens is 1. The summed E-state index contributed by atoms with van der Waals surface area (Å²) in [4.78, 5) is 4.41. The summed E-state index contributed by atoms with van der Waals surface area (Å²) in [6.07, 6.45) is 0.679. The number of nitrogens with zero attached hydrogens (tertiary/aromatic N) is 1. The van der Waals surface area contributed by atoms with Crippen molar-refractivity contribution < 1.29 is 8.81 Å². The van der Waals surface area contributed by atoms with Crippen LogP contribution in [0.15, 0.2) is 40.8 Å². The molecule has 0 spiro atoms. The van der Waals surface area contributed by atoms with Gasteiger partial charge in [0.1, 0.15) is 11.3 Å². The number of halogens is 2. The molecule has 0 amide bonds. The zero-order valence-corrected chi connectivity index (χ0v) is 11.8. The fraction of sp³-hybridized carbons (Fsp3) is 0.188. The van der Waals surface area contributed by atoms with Gasteiger partial charge in [0.15, 0.2) is 11.5 Å². The van der Waals surface area contributed by atoms with Crippen molar-refractivity contribution >= 4 is 28.4 Å². The maximum absolute atomic E-state index is 13.4. The number of oxazole rings is 1. The molecule has 0 radical (unpaired) electrons. The Morgan fingerprint density at radius 3 is 3.10 bits per heavy atom. The second-order valence-electron chi connectivity index (χ2n) is 5.21. The first-order valence-electron chi connectivity index (χ1n) is 6.78. The Morgan fingerprint density at radius 1 is 1.33 bits per heavy atom. The Kier molecular flexibility index (Phi) is 2.86. The lowest BCUT2D eigenvalue weighted by molar-refractivity contribution is 0.505. The van der Waals surface area contributed by atoms with Crippen molar-refractivity contribution in [3.63, 3.8) is 0 Å². The Labute approximate surface area is 125 Å². The van der Waals surface area contributed by atoms with E-state index in [0.717, 1.165) is 12.2 Å². The van der Waals surface area contributed by atoms with Crippen LogP contribution in [-0.2, 0) is 6.42 Å². The summed E-state index contributed by atoms with van der Waals surface area (Å²) in [5.74, 6) is 0.435. The highest BCUT2D eigenvalue weighted by atomic mass is 35.5. The third kappa shape index (κ3) is 2.16. The van der Waals surface area contributed by atoms with Gasteiger partial charge in [-0.25, -0.2) is 9.37 Å². The van der Waals surface area contributed by atoms with Gasteiger partial charge in [-0.15, -0.1) is 0 Å². The predicted octanol–water partition coefficient (Wildman–Crippen LogP) is 4.37. The zero-order valence-electron chi connectivity index (χ0n) is 11.1. The minimum atomic E-state index is -0.486. The van der Waals surface area contributed by atoms with Crippen molar-refractivity contribution in [3.8, 4) is 0 Å². The molecule has 2 heterocycles. The van der Waals surface area contributed by atoms with Crippen LogP contribution in [0.3, 0.4) is 0 Å². The molecule has 1 aliphatic rings. The molecule has 21 heavy (non-hydrogen) atoms. The smallest absolute Gasteiger partial charge is 0.196 e. The lowest BCUT2D eigenvalue weighted by Crippen LogP contribution is -2.05. The molecule has 1 N–H and O–H groups in total. The van der Waals surface area contributed by atoms with Crippen LogP contribution >= 0.6 is 11.6 Å². The van der Waals surface area contributed by atoms with E-state index in [1.165, 1.54) is 17.7 Å². The lowest BCUT2D eigenvalue weighted by atomic mass is 9.98. The van der Waals surface area contributed by atoms with Crippen LogP contribution in [0.4, 0.5) is 10.1 Å². The second kappa shape index (κ2) is 4.74. The minimum absolute atomic E-state index is 0.0650. The molecule has 4 rings (SSSR count). The van der Waals surface area contributed by atoms with Crippen molar-refractivity contribution in [1.29, 1.82) is 0 Å². The average Bonchev–Trinajstić information content (AvgIpc) is 3.04. The van der Waals surface area contributed by atoms with Crippen molar-refractivity contribution in [3.05, 3.63) is 58.7 Å². The van der Waals surface area contributed by atoms with Gasteiger partial charge in [-0.2, -0.15) is 0 Å². The number of hydrogen-bond acceptors (Lipinski definition) is 3. The lowest BCUT2D eigenvalue weighted by Gasteiger charge is -2.06. The number of benzene rings is 2. The summed E-state index contributed by atoms with van der Waals surface area (Å²) in [6, 6.07) is 11.0. The summed E-state index contributed by atoms with van der Waals surface area (Å²) >= 11 is 5.77. The van der Waals surface area contributed by atoms with Crippen molar-refractivity contribution in [1.82, 2.24) is 4.98 Å². The van der Waals surface area contributed by atoms with Gasteiger partial charge >= 0.3 is 0 Å². The first kappa shape index (κ1) is 12.7. The second-order valence-corrected chi connectivity index (χ2v) is 5.62. The van der Waals surface area contributed by atoms with E-state index < -0.39 is 5.82 Å². The van der Waals surface area contributed by atoms with Crippen LogP contribution < -0.4 is 5.32 Å². The number of rotatable bonds is 2. The SMILES string of the molecule is Fc1cc2oc(CC3CNc4ccccc43)nc2cc1Cl. The van der Waals surface area contributed by atoms with Gasteiger partial charge in [-0.05, 0) is 17.7 Å². The van der Waals surface area contributed by atoms with Gasteiger partial charge in [0.25, 0.3) is 0 Å². The molecular formula is C16H12ClFN2O. The highest BCUT2D eigenvalue weighted by Gasteiger charge is 2.24. The third-order valence-corrected chi connectivity index (χ3v) is 4.12. The quantitative estimate of drug-likeness (QED) is 0.764. The number of hydrogen-bond donors (Lipinski definition) is 1. The molecule has 0 saturated carbocycles. The highest BCUT2D eigenvalue weighted by molar-refractivity contribution is 6.31. The van der Waals surface area contributed by atoms with Gasteiger partial charge in [0.2, 0.25) is 0 Å². The molecule has 1 unspecified atom stereocenters. The van der Waals surface area contributed by atoms with E-state index in [4.69, 9.17) is 16.0 Å². The van der Waals surface area contributed by atoms with Crippen LogP contribution in [0.1, 0.15) is 17.4 Å². The van der Waals surface area contributed by atoms with Crippen LogP contribution in [0, 0.1) is 5.82 Å².